The van der Waals surface area contributed by atoms with Crippen LogP contribution in [0.3, 0.4) is 0 Å². The average Bonchev–Trinajstić information content (AvgIpc) is 3.40. The lowest BCUT2D eigenvalue weighted by molar-refractivity contribution is -0.136. The molecule has 52 heavy (non-hydrogen) atoms. The summed E-state index contributed by atoms with van der Waals surface area (Å²) in [6, 6.07) is 10.7. The van der Waals surface area contributed by atoms with Gasteiger partial charge in [0.1, 0.15) is 11.9 Å². The van der Waals surface area contributed by atoms with Gasteiger partial charge in [0.2, 0.25) is 11.8 Å². The molecule has 4 aromatic rings. The molecule has 14 heteroatoms. The molecule has 3 saturated heterocycles. The van der Waals surface area contributed by atoms with Crippen LogP contribution in [-0.4, -0.2) is 95.3 Å². The Morgan fingerprint density at radius 2 is 1.62 bits per heavy atom. The number of amides is 4. The Balaban J connectivity index is 0.816. The SMILES string of the molecule is O=C1CCC(N2C(=O)c3ccc(N4CCN(CCC5CCN(c6ccnc(Nc7cc(F)c8cnccc8c7)c6F)CC5)CC4)cc3C2=O)C(=O)N1. The molecule has 6 heterocycles. The van der Waals surface area contributed by atoms with Gasteiger partial charge in [-0.25, -0.2) is 13.8 Å². The minimum absolute atomic E-state index is 0.0562. The standard InChI is InChI=1S/C38H38F2N8O4/c39-30-20-25(19-24-5-10-41-22-29(24)30)43-35-34(40)31(6-11-42-35)47-13-8-23(9-14-47)7-12-45-15-17-46(18-16-45)26-1-2-27-28(21-26)38(52)48(37(27)51)32-3-4-33(49)44-36(32)50/h1-2,5-6,10-11,19-23,32H,3-4,7-9,12-18H2,(H,42,43)(H,44,49,50). The van der Waals surface area contributed by atoms with Crippen LogP contribution >= 0.6 is 0 Å². The van der Waals surface area contributed by atoms with Gasteiger partial charge in [0, 0.05) is 81.0 Å². The maximum absolute atomic E-state index is 15.7. The van der Waals surface area contributed by atoms with Gasteiger partial charge in [0.05, 0.1) is 16.8 Å². The van der Waals surface area contributed by atoms with Gasteiger partial charge in [-0.15, -0.1) is 0 Å². The fourth-order valence-electron chi connectivity index (χ4n) is 7.84. The van der Waals surface area contributed by atoms with Gasteiger partial charge < -0.3 is 15.1 Å². The predicted molar refractivity (Wildman–Crippen MR) is 190 cm³/mol. The van der Waals surface area contributed by atoms with E-state index in [-0.39, 0.29) is 24.2 Å². The molecule has 268 valence electrons. The molecule has 2 N–H and O–H groups in total. The molecule has 2 aromatic heterocycles. The van der Waals surface area contributed by atoms with Crippen molar-refractivity contribution in [3.8, 4) is 0 Å². The van der Waals surface area contributed by atoms with E-state index in [0.717, 1.165) is 75.7 Å². The Hall–Kier alpha value is -5.50. The number of rotatable bonds is 8. The number of halogens is 2. The second-order valence-electron chi connectivity index (χ2n) is 13.9. The first-order valence-electron chi connectivity index (χ1n) is 17.8. The highest BCUT2D eigenvalue weighted by molar-refractivity contribution is 6.23. The topological polar surface area (TPSA) is 131 Å². The van der Waals surface area contributed by atoms with Gasteiger partial charge in [0.15, 0.2) is 11.6 Å². The molecule has 1 atom stereocenters. The van der Waals surface area contributed by atoms with Crippen LogP contribution in [0, 0.1) is 17.6 Å². The molecule has 8 rings (SSSR count). The number of benzene rings is 2. The maximum atomic E-state index is 15.7. The summed E-state index contributed by atoms with van der Waals surface area (Å²) < 4.78 is 30.3. The molecule has 4 aliphatic heterocycles. The second kappa shape index (κ2) is 13.9. The van der Waals surface area contributed by atoms with Crippen LogP contribution < -0.4 is 20.4 Å². The molecule has 0 aliphatic carbocycles. The van der Waals surface area contributed by atoms with Crippen molar-refractivity contribution in [1.29, 1.82) is 0 Å². The van der Waals surface area contributed by atoms with Gasteiger partial charge in [-0.2, -0.15) is 0 Å². The minimum atomic E-state index is -0.982. The van der Waals surface area contributed by atoms with E-state index in [4.69, 9.17) is 0 Å². The van der Waals surface area contributed by atoms with E-state index in [1.165, 1.54) is 12.3 Å². The Labute approximate surface area is 298 Å². The lowest BCUT2D eigenvalue weighted by Crippen LogP contribution is -2.54. The number of piperazine rings is 1. The number of carbonyl (C=O) groups excluding carboxylic acids is 4. The molecular weight excluding hydrogens is 670 g/mol. The fourth-order valence-corrected chi connectivity index (χ4v) is 7.84. The Morgan fingerprint density at radius 1 is 0.827 bits per heavy atom. The first kappa shape index (κ1) is 33.6. The number of pyridine rings is 2. The van der Waals surface area contributed by atoms with Crippen LogP contribution in [0.4, 0.5) is 31.7 Å². The lowest BCUT2D eigenvalue weighted by atomic mass is 9.93. The highest BCUT2D eigenvalue weighted by Crippen LogP contribution is 2.33. The number of carbonyl (C=O) groups is 4. The molecule has 0 radical (unpaired) electrons. The Kier molecular flexibility index (Phi) is 8.99. The highest BCUT2D eigenvalue weighted by Gasteiger charge is 2.44. The molecule has 12 nitrogen and oxygen atoms in total. The summed E-state index contributed by atoms with van der Waals surface area (Å²) in [5, 5.41) is 6.25. The first-order chi connectivity index (χ1) is 25.2. The van der Waals surface area contributed by atoms with E-state index in [0.29, 0.717) is 33.6 Å². The van der Waals surface area contributed by atoms with Crippen molar-refractivity contribution in [3.05, 3.63) is 83.8 Å². The number of hydrogen-bond donors (Lipinski definition) is 2. The Morgan fingerprint density at radius 3 is 2.40 bits per heavy atom. The van der Waals surface area contributed by atoms with Crippen LogP contribution in [0.15, 0.2) is 61.1 Å². The van der Waals surface area contributed by atoms with Crippen LogP contribution in [0.25, 0.3) is 10.8 Å². The predicted octanol–water partition coefficient (Wildman–Crippen LogP) is 4.48. The second-order valence-corrected chi connectivity index (χ2v) is 13.9. The molecule has 0 bridgehead atoms. The maximum Gasteiger partial charge on any atom is 0.262 e. The summed E-state index contributed by atoms with van der Waals surface area (Å²) in [6.45, 7) is 5.71. The zero-order chi connectivity index (χ0) is 35.9. The number of aromatic nitrogens is 2. The summed E-state index contributed by atoms with van der Waals surface area (Å²) in [4.78, 5) is 66.2. The quantitative estimate of drug-likeness (QED) is 0.253. The summed E-state index contributed by atoms with van der Waals surface area (Å²) in [6.07, 6.45) is 7.79. The van der Waals surface area contributed by atoms with Crippen LogP contribution in [0.5, 0.6) is 0 Å². The summed E-state index contributed by atoms with van der Waals surface area (Å²) in [7, 11) is 0. The average molecular weight is 709 g/mol. The first-order valence-corrected chi connectivity index (χ1v) is 17.8. The van der Waals surface area contributed by atoms with Crippen molar-refractivity contribution >= 4 is 57.3 Å². The van der Waals surface area contributed by atoms with E-state index >= 15 is 4.39 Å². The van der Waals surface area contributed by atoms with Crippen molar-refractivity contribution in [2.75, 3.05) is 60.9 Å². The summed E-state index contributed by atoms with van der Waals surface area (Å²) in [5.41, 5.74) is 2.33. The molecule has 0 spiro atoms. The van der Waals surface area contributed by atoms with Gasteiger partial charge in [-0.1, -0.05) is 0 Å². The van der Waals surface area contributed by atoms with Crippen molar-refractivity contribution in [2.45, 2.75) is 38.1 Å². The Bertz CT molecular complexity index is 2080. The largest absolute Gasteiger partial charge is 0.369 e. The third-order valence-corrected chi connectivity index (χ3v) is 10.8. The highest BCUT2D eigenvalue weighted by atomic mass is 19.1. The van der Waals surface area contributed by atoms with Crippen LogP contribution in [0.2, 0.25) is 0 Å². The number of nitrogens with zero attached hydrogens (tertiary/aromatic N) is 6. The minimum Gasteiger partial charge on any atom is -0.369 e. The van der Waals surface area contributed by atoms with Crippen molar-refractivity contribution < 1.29 is 28.0 Å². The van der Waals surface area contributed by atoms with E-state index in [1.807, 2.05) is 6.07 Å². The number of fused-ring (bicyclic) bond motifs is 2. The lowest BCUT2D eigenvalue weighted by Gasteiger charge is -2.38. The van der Waals surface area contributed by atoms with Crippen LogP contribution in [0.1, 0.15) is 52.8 Å². The molecule has 1 unspecified atom stereocenters. The molecular formula is C38H38F2N8O4. The van der Waals surface area contributed by atoms with Crippen LogP contribution in [-0.2, 0) is 9.59 Å². The number of anilines is 4. The third-order valence-electron chi connectivity index (χ3n) is 10.8. The number of hydrogen-bond acceptors (Lipinski definition) is 10. The zero-order valence-electron chi connectivity index (χ0n) is 28.5. The van der Waals surface area contributed by atoms with Gasteiger partial charge in [-0.05, 0) is 86.0 Å². The zero-order valence-corrected chi connectivity index (χ0v) is 28.5. The van der Waals surface area contributed by atoms with E-state index in [2.05, 4.69) is 35.3 Å². The normalized spacial score (nSPS) is 20.1. The van der Waals surface area contributed by atoms with Gasteiger partial charge in [-0.3, -0.25) is 39.3 Å². The number of piperidine rings is 2. The molecule has 4 aliphatic rings. The molecule has 2 aromatic carbocycles. The van der Waals surface area contributed by atoms with Crippen molar-refractivity contribution in [2.24, 2.45) is 5.92 Å². The number of nitrogens with one attached hydrogen (secondary N) is 2. The smallest absolute Gasteiger partial charge is 0.262 e. The fraction of sp³-hybridized carbons (Fsp3) is 0.368. The van der Waals surface area contributed by atoms with E-state index < -0.39 is 41.3 Å². The monoisotopic (exact) mass is 708 g/mol. The third kappa shape index (κ3) is 6.42. The van der Waals surface area contributed by atoms with Gasteiger partial charge in [0.25, 0.3) is 11.8 Å². The molecule has 4 amide bonds. The van der Waals surface area contributed by atoms with Gasteiger partial charge >= 0.3 is 0 Å². The molecule has 0 saturated carbocycles. The number of imide groups is 2. The van der Waals surface area contributed by atoms with Crippen molar-refractivity contribution in [3.63, 3.8) is 0 Å². The summed E-state index contributed by atoms with van der Waals surface area (Å²) in [5.74, 6) is -2.33. The molecule has 3 fully saturated rings. The summed E-state index contributed by atoms with van der Waals surface area (Å²) >= 11 is 0. The van der Waals surface area contributed by atoms with E-state index in [1.54, 1.807) is 42.7 Å². The van der Waals surface area contributed by atoms with E-state index in [9.17, 15) is 23.6 Å². The van der Waals surface area contributed by atoms with Crippen molar-refractivity contribution in [1.82, 2.24) is 25.1 Å².